The summed E-state index contributed by atoms with van der Waals surface area (Å²) >= 11 is 0. The maximum atomic E-state index is 12.4. The lowest BCUT2D eigenvalue weighted by atomic mass is 9.97. The van der Waals surface area contributed by atoms with E-state index in [0.717, 1.165) is 32.1 Å². The molecule has 2 rings (SSSR count). The number of unbranched alkanes of at least 4 members (excludes halogenated alkanes) is 1. The number of likely N-dealkylation sites (tertiary alicyclic amines) is 1. The Hall–Kier alpha value is -2.57. The van der Waals surface area contributed by atoms with Crippen molar-refractivity contribution in [3.05, 3.63) is 29.8 Å². The molecule has 0 radical (unpaired) electrons. The van der Waals surface area contributed by atoms with E-state index in [9.17, 15) is 14.4 Å². The minimum atomic E-state index is -0.636. The Morgan fingerprint density at radius 3 is 2.38 bits per heavy atom. The van der Waals surface area contributed by atoms with Crippen molar-refractivity contribution in [2.24, 2.45) is 0 Å². The van der Waals surface area contributed by atoms with Gasteiger partial charge in [-0.2, -0.15) is 0 Å². The van der Waals surface area contributed by atoms with Crippen LogP contribution in [-0.2, 0) is 14.3 Å². The van der Waals surface area contributed by atoms with Gasteiger partial charge in [0.15, 0.2) is 6.61 Å². The van der Waals surface area contributed by atoms with Crippen molar-refractivity contribution >= 4 is 17.8 Å². The first-order chi connectivity index (χ1) is 13.9. The van der Waals surface area contributed by atoms with E-state index in [1.807, 2.05) is 13.8 Å². The highest BCUT2D eigenvalue weighted by molar-refractivity contribution is 5.96. The lowest BCUT2D eigenvalue weighted by molar-refractivity contribution is -0.154. The predicted molar refractivity (Wildman–Crippen MR) is 110 cm³/mol. The van der Waals surface area contributed by atoms with Gasteiger partial charge < -0.3 is 19.7 Å². The molecule has 1 saturated heterocycles. The number of amides is 2. The summed E-state index contributed by atoms with van der Waals surface area (Å²) in [5.74, 6) is -0.507. The van der Waals surface area contributed by atoms with Gasteiger partial charge in [0.1, 0.15) is 12.3 Å². The molecule has 1 aromatic carbocycles. The van der Waals surface area contributed by atoms with Crippen LogP contribution < -0.4 is 10.1 Å². The van der Waals surface area contributed by atoms with Crippen LogP contribution >= 0.6 is 0 Å². The van der Waals surface area contributed by atoms with Gasteiger partial charge in [-0.05, 0) is 63.8 Å². The Kier molecular flexibility index (Phi) is 8.96. The largest absolute Gasteiger partial charge is 0.494 e. The van der Waals surface area contributed by atoms with Crippen LogP contribution in [0.15, 0.2) is 24.3 Å². The highest BCUT2D eigenvalue weighted by Gasteiger charge is 2.29. The lowest BCUT2D eigenvalue weighted by Gasteiger charge is -2.38. The molecule has 2 atom stereocenters. The number of hydrogen-bond donors (Lipinski definition) is 1. The fourth-order valence-electron chi connectivity index (χ4n) is 3.47. The maximum absolute atomic E-state index is 12.4. The minimum Gasteiger partial charge on any atom is -0.494 e. The summed E-state index contributed by atoms with van der Waals surface area (Å²) in [7, 11) is 0. The van der Waals surface area contributed by atoms with E-state index in [1.54, 1.807) is 29.2 Å². The molecule has 0 aromatic heterocycles. The minimum absolute atomic E-state index is 0.151. The van der Waals surface area contributed by atoms with E-state index in [1.165, 1.54) is 0 Å². The summed E-state index contributed by atoms with van der Waals surface area (Å²) in [6.45, 7) is 6.17. The molecule has 0 aliphatic carbocycles. The molecule has 7 nitrogen and oxygen atoms in total. The molecule has 1 aliphatic heterocycles. The van der Waals surface area contributed by atoms with Crippen molar-refractivity contribution in [2.75, 3.05) is 19.8 Å². The van der Waals surface area contributed by atoms with Crippen molar-refractivity contribution in [2.45, 2.75) is 65.0 Å². The van der Waals surface area contributed by atoms with E-state index in [2.05, 4.69) is 12.2 Å². The van der Waals surface area contributed by atoms with Crippen LogP contribution in [0.3, 0.4) is 0 Å². The molecule has 0 bridgehead atoms. The van der Waals surface area contributed by atoms with Crippen LogP contribution in [0.25, 0.3) is 0 Å². The number of ether oxygens (including phenoxy) is 2. The Balaban J connectivity index is 1.72. The zero-order valence-electron chi connectivity index (χ0n) is 17.6. The molecule has 1 N–H and O–H groups in total. The van der Waals surface area contributed by atoms with Gasteiger partial charge in [0, 0.05) is 17.6 Å². The molecule has 1 heterocycles. The first-order valence-electron chi connectivity index (χ1n) is 10.4. The van der Waals surface area contributed by atoms with E-state index >= 15 is 0 Å². The molecule has 0 saturated carbocycles. The van der Waals surface area contributed by atoms with Gasteiger partial charge in [0.25, 0.3) is 11.8 Å². The van der Waals surface area contributed by atoms with Crippen LogP contribution in [0.1, 0.15) is 63.2 Å². The number of nitrogens with one attached hydrogen (secondary N) is 1. The van der Waals surface area contributed by atoms with Gasteiger partial charge in [-0.3, -0.25) is 14.4 Å². The molecule has 2 amide bonds. The van der Waals surface area contributed by atoms with Crippen molar-refractivity contribution in [1.29, 1.82) is 0 Å². The highest BCUT2D eigenvalue weighted by Crippen LogP contribution is 2.22. The molecule has 160 valence electrons. The van der Waals surface area contributed by atoms with E-state index < -0.39 is 5.97 Å². The fraction of sp³-hybridized carbons (Fsp3) is 0.591. The van der Waals surface area contributed by atoms with Crippen molar-refractivity contribution in [3.8, 4) is 5.75 Å². The Morgan fingerprint density at radius 1 is 1.10 bits per heavy atom. The van der Waals surface area contributed by atoms with Crippen LogP contribution in [0.5, 0.6) is 5.75 Å². The van der Waals surface area contributed by atoms with E-state index in [4.69, 9.17) is 9.47 Å². The first kappa shape index (κ1) is 22.7. The Bertz CT molecular complexity index is 679. The van der Waals surface area contributed by atoms with Gasteiger partial charge in [0.05, 0.1) is 6.61 Å². The van der Waals surface area contributed by atoms with Crippen LogP contribution in [0, 0.1) is 0 Å². The Morgan fingerprint density at radius 2 is 1.76 bits per heavy atom. The second kappa shape index (κ2) is 11.4. The second-order valence-electron chi connectivity index (χ2n) is 7.50. The van der Waals surface area contributed by atoms with Crippen molar-refractivity contribution in [1.82, 2.24) is 10.2 Å². The summed E-state index contributed by atoms with van der Waals surface area (Å²) < 4.78 is 10.6. The average Bonchev–Trinajstić information content (AvgIpc) is 2.71. The van der Waals surface area contributed by atoms with Crippen LogP contribution in [0.4, 0.5) is 0 Å². The lowest BCUT2D eigenvalue weighted by Crippen LogP contribution is -2.49. The third-order valence-corrected chi connectivity index (χ3v) is 5.11. The normalized spacial score (nSPS) is 18.8. The maximum Gasteiger partial charge on any atom is 0.325 e. The third kappa shape index (κ3) is 7.07. The SMILES string of the molecule is CCCCOc1ccc(C(=O)NCC(=O)OCC(=O)N2[C@H](C)CCC[C@@H]2C)cc1. The number of esters is 1. The topological polar surface area (TPSA) is 84.9 Å². The van der Waals surface area contributed by atoms with Gasteiger partial charge >= 0.3 is 5.97 Å². The molecule has 29 heavy (non-hydrogen) atoms. The van der Waals surface area contributed by atoms with Gasteiger partial charge in [0.2, 0.25) is 0 Å². The molecular formula is C22H32N2O5. The van der Waals surface area contributed by atoms with Crippen LogP contribution in [0.2, 0.25) is 0 Å². The zero-order valence-corrected chi connectivity index (χ0v) is 17.6. The number of carbonyl (C=O) groups excluding carboxylic acids is 3. The summed E-state index contributed by atoms with van der Waals surface area (Å²) in [4.78, 5) is 38.2. The summed E-state index contributed by atoms with van der Waals surface area (Å²) in [5, 5.41) is 2.51. The monoisotopic (exact) mass is 404 g/mol. The summed E-state index contributed by atoms with van der Waals surface area (Å²) in [6, 6.07) is 7.04. The zero-order chi connectivity index (χ0) is 21.2. The number of hydrogen-bond acceptors (Lipinski definition) is 5. The number of piperidine rings is 1. The van der Waals surface area contributed by atoms with Crippen molar-refractivity contribution in [3.63, 3.8) is 0 Å². The van der Waals surface area contributed by atoms with Gasteiger partial charge in [-0.25, -0.2) is 0 Å². The number of rotatable bonds is 9. The molecule has 7 heteroatoms. The molecule has 1 aromatic rings. The average molecular weight is 405 g/mol. The smallest absolute Gasteiger partial charge is 0.325 e. The summed E-state index contributed by atoms with van der Waals surface area (Å²) in [6.07, 6.45) is 5.05. The van der Waals surface area contributed by atoms with Crippen molar-refractivity contribution < 1.29 is 23.9 Å². The number of nitrogens with zero attached hydrogens (tertiary/aromatic N) is 1. The highest BCUT2D eigenvalue weighted by atomic mass is 16.5. The second-order valence-corrected chi connectivity index (χ2v) is 7.50. The first-order valence-corrected chi connectivity index (χ1v) is 10.4. The van der Waals surface area contributed by atoms with E-state index in [0.29, 0.717) is 17.9 Å². The quantitative estimate of drug-likeness (QED) is 0.505. The van der Waals surface area contributed by atoms with Gasteiger partial charge in [-0.15, -0.1) is 0 Å². The number of benzene rings is 1. The third-order valence-electron chi connectivity index (χ3n) is 5.11. The standard InChI is InChI=1S/C22H32N2O5/c1-4-5-13-28-19-11-9-18(10-12-19)22(27)23-14-21(26)29-15-20(25)24-16(2)7-6-8-17(24)3/h9-12,16-17H,4-8,13-15H2,1-3H3,(H,23,27)/t16-,17+. The molecule has 1 fully saturated rings. The molecule has 0 spiro atoms. The van der Waals surface area contributed by atoms with Gasteiger partial charge in [-0.1, -0.05) is 13.3 Å². The fourth-order valence-corrected chi connectivity index (χ4v) is 3.47. The molecule has 0 unspecified atom stereocenters. The van der Waals surface area contributed by atoms with E-state index in [-0.39, 0.29) is 37.0 Å². The molecule has 1 aliphatic rings. The Labute approximate surface area is 172 Å². The number of carbonyl (C=O) groups is 3. The summed E-state index contributed by atoms with van der Waals surface area (Å²) in [5.41, 5.74) is 0.424. The molecular weight excluding hydrogens is 372 g/mol. The van der Waals surface area contributed by atoms with Crippen LogP contribution in [-0.4, -0.2) is 54.5 Å². The predicted octanol–water partition coefficient (Wildman–Crippen LogP) is 2.93.